The third kappa shape index (κ3) is 2.82. The number of hydrogen-bond acceptors (Lipinski definition) is 4. The molecule has 2 unspecified atom stereocenters. The minimum Gasteiger partial charge on any atom is -0.376 e. The number of nitrogens with one attached hydrogen (secondary N) is 1. The Bertz CT molecular complexity index is 481. The number of carbonyl (C=O) groups excluding carboxylic acids is 1. The molecule has 1 aromatic rings. The fourth-order valence-corrected chi connectivity index (χ4v) is 2.58. The Morgan fingerprint density at radius 1 is 1.63 bits per heavy atom. The molecule has 0 aromatic carbocycles. The molecule has 0 bridgehead atoms. The third-order valence-electron chi connectivity index (χ3n) is 3.48. The highest BCUT2D eigenvalue weighted by Crippen LogP contribution is 2.23. The smallest absolute Gasteiger partial charge is 0.255 e. The van der Waals surface area contributed by atoms with Crippen LogP contribution in [0.1, 0.15) is 23.7 Å². The number of hydrogen-bond donors (Lipinski definition) is 1. The summed E-state index contributed by atoms with van der Waals surface area (Å²) in [6, 6.07) is 1.75. The van der Waals surface area contributed by atoms with Gasteiger partial charge in [0.15, 0.2) is 0 Å². The van der Waals surface area contributed by atoms with Crippen molar-refractivity contribution in [2.24, 2.45) is 0 Å². The van der Waals surface area contributed by atoms with Crippen molar-refractivity contribution < 1.29 is 9.53 Å². The van der Waals surface area contributed by atoms with Crippen LogP contribution in [-0.2, 0) is 4.74 Å². The summed E-state index contributed by atoms with van der Waals surface area (Å²) in [5, 5.41) is 3.31. The van der Waals surface area contributed by atoms with E-state index < -0.39 is 0 Å². The Labute approximate surface area is 117 Å². The molecule has 2 rings (SSSR count). The minimum absolute atomic E-state index is 0.0639. The van der Waals surface area contributed by atoms with Crippen LogP contribution < -0.4 is 5.32 Å². The lowest BCUT2D eigenvalue weighted by atomic mass is 10.1. The lowest BCUT2D eigenvalue weighted by Gasteiger charge is -2.26. The molecule has 1 aliphatic heterocycles. The second kappa shape index (κ2) is 5.75. The molecule has 19 heavy (non-hydrogen) atoms. The number of nitrogens with zero attached hydrogens (tertiary/aromatic N) is 2. The Hall–Kier alpha value is -1.33. The number of halogens is 1. The van der Waals surface area contributed by atoms with Crippen molar-refractivity contribution in [1.29, 1.82) is 0 Å². The van der Waals surface area contributed by atoms with E-state index in [9.17, 15) is 4.79 Å². The van der Waals surface area contributed by atoms with Crippen molar-refractivity contribution in [2.45, 2.75) is 25.5 Å². The highest BCUT2D eigenvalue weighted by molar-refractivity contribution is 6.33. The zero-order valence-corrected chi connectivity index (χ0v) is 12.1. The molecule has 0 radical (unpaired) electrons. The number of likely N-dealkylation sites (N-methyl/N-ethyl adjacent to an activating group) is 1. The van der Waals surface area contributed by atoms with Gasteiger partial charge in [0, 0.05) is 26.9 Å². The van der Waals surface area contributed by atoms with Crippen molar-refractivity contribution in [2.75, 3.05) is 26.0 Å². The number of carbonyl (C=O) groups is 1. The first-order valence-corrected chi connectivity index (χ1v) is 6.64. The minimum atomic E-state index is -0.0839. The molecular weight excluding hydrogens is 266 g/mol. The molecule has 0 spiro atoms. The van der Waals surface area contributed by atoms with E-state index in [0.29, 0.717) is 23.0 Å². The van der Waals surface area contributed by atoms with Gasteiger partial charge in [0.25, 0.3) is 5.91 Å². The molecule has 1 aliphatic rings. The van der Waals surface area contributed by atoms with Gasteiger partial charge in [-0.1, -0.05) is 11.6 Å². The van der Waals surface area contributed by atoms with Crippen molar-refractivity contribution >= 4 is 23.3 Å². The Kier molecular flexibility index (Phi) is 4.27. The van der Waals surface area contributed by atoms with Gasteiger partial charge in [-0.25, -0.2) is 4.98 Å². The van der Waals surface area contributed by atoms with Crippen LogP contribution in [0.2, 0.25) is 5.02 Å². The summed E-state index contributed by atoms with van der Waals surface area (Å²) < 4.78 is 5.49. The third-order valence-corrected chi connectivity index (χ3v) is 3.77. The SMILES string of the molecule is CNc1ncc(C(=O)N(C)C2CCOC2C)cc1Cl. The van der Waals surface area contributed by atoms with Crippen LogP contribution in [0, 0.1) is 0 Å². The molecule has 1 amide bonds. The van der Waals surface area contributed by atoms with Gasteiger partial charge in [-0.2, -0.15) is 0 Å². The molecule has 2 atom stereocenters. The van der Waals surface area contributed by atoms with Gasteiger partial charge in [-0.3, -0.25) is 4.79 Å². The van der Waals surface area contributed by atoms with E-state index in [1.54, 1.807) is 25.1 Å². The van der Waals surface area contributed by atoms with Crippen LogP contribution in [0.25, 0.3) is 0 Å². The van der Waals surface area contributed by atoms with E-state index in [0.717, 1.165) is 6.42 Å². The van der Waals surface area contributed by atoms with Crippen LogP contribution in [-0.4, -0.2) is 48.6 Å². The van der Waals surface area contributed by atoms with Gasteiger partial charge in [0.2, 0.25) is 0 Å². The Balaban J connectivity index is 2.17. The molecule has 5 nitrogen and oxygen atoms in total. The average molecular weight is 284 g/mol. The number of aromatic nitrogens is 1. The second-order valence-corrected chi connectivity index (χ2v) is 5.06. The summed E-state index contributed by atoms with van der Waals surface area (Å²) in [6.45, 7) is 2.68. The number of rotatable bonds is 3. The maximum Gasteiger partial charge on any atom is 0.255 e. The van der Waals surface area contributed by atoms with Crippen LogP contribution in [0.5, 0.6) is 0 Å². The predicted octanol–water partition coefficient (Wildman–Crippen LogP) is 2.03. The maximum atomic E-state index is 12.4. The molecule has 1 aromatic heterocycles. The molecule has 1 saturated heterocycles. The lowest BCUT2D eigenvalue weighted by molar-refractivity contribution is 0.0574. The largest absolute Gasteiger partial charge is 0.376 e. The zero-order chi connectivity index (χ0) is 14.0. The fraction of sp³-hybridized carbons (Fsp3) is 0.538. The zero-order valence-electron chi connectivity index (χ0n) is 11.3. The molecule has 0 aliphatic carbocycles. The van der Waals surface area contributed by atoms with Gasteiger partial charge >= 0.3 is 0 Å². The highest BCUT2D eigenvalue weighted by atomic mass is 35.5. The van der Waals surface area contributed by atoms with Gasteiger partial charge in [0.1, 0.15) is 5.82 Å². The van der Waals surface area contributed by atoms with Crippen LogP contribution in [0.15, 0.2) is 12.3 Å². The molecular formula is C13H18ClN3O2. The lowest BCUT2D eigenvalue weighted by Crippen LogP contribution is -2.41. The van der Waals surface area contributed by atoms with Gasteiger partial charge in [-0.05, 0) is 19.4 Å². The summed E-state index contributed by atoms with van der Waals surface area (Å²) in [4.78, 5) is 18.2. The molecule has 1 fully saturated rings. The summed E-state index contributed by atoms with van der Waals surface area (Å²) in [6.07, 6.45) is 2.46. The van der Waals surface area contributed by atoms with E-state index >= 15 is 0 Å². The summed E-state index contributed by atoms with van der Waals surface area (Å²) >= 11 is 6.05. The topological polar surface area (TPSA) is 54.5 Å². The highest BCUT2D eigenvalue weighted by Gasteiger charge is 2.31. The van der Waals surface area contributed by atoms with E-state index in [2.05, 4.69) is 10.3 Å². The predicted molar refractivity (Wildman–Crippen MR) is 74.7 cm³/mol. The number of amides is 1. The van der Waals surface area contributed by atoms with Crippen molar-refractivity contribution in [1.82, 2.24) is 9.88 Å². The Morgan fingerprint density at radius 2 is 2.37 bits per heavy atom. The standard InChI is InChI=1S/C13H18ClN3O2/c1-8-11(4-5-19-8)17(3)13(18)9-6-10(14)12(15-2)16-7-9/h6-8,11H,4-5H2,1-3H3,(H,15,16). The van der Waals surface area contributed by atoms with E-state index in [4.69, 9.17) is 16.3 Å². The summed E-state index contributed by atoms with van der Waals surface area (Å²) in [5.41, 5.74) is 0.491. The molecule has 104 valence electrons. The number of ether oxygens (including phenoxy) is 1. The van der Waals surface area contributed by atoms with Crippen LogP contribution in [0.3, 0.4) is 0 Å². The van der Waals surface area contributed by atoms with Crippen molar-refractivity contribution in [3.05, 3.63) is 22.8 Å². The molecule has 1 N–H and O–H groups in total. The van der Waals surface area contributed by atoms with E-state index in [-0.39, 0.29) is 18.1 Å². The fourth-order valence-electron chi connectivity index (χ4n) is 2.32. The van der Waals surface area contributed by atoms with Gasteiger partial charge in [-0.15, -0.1) is 0 Å². The van der Waals surface area contributed by atoms with Gasteiger partial charge < -0.3 is 15.0 Å². The van der Waals surface area contributed by atoms with Crippen LogP contribution >= 0.6 is 11.6 Å². The quantitative estimate of drug-likeness (QED) is 0.922. The molecule has 2 heterocycles. The number of pyridine rings is 1. The van der Waals surface area contributed by atoms with E-state index in [1.807, 2.05) is 6.92 Å². The first-order chi connectivity index (χ1) is 9.04. The summed E-state index contributed by atoms with van der Waals surface area (Å²) in [7, 11) is 3.53. The number of anilines is 1. The van der Waals surface area contributed by atoms with E-state index in [1.165, 1.54) is 6.20 Å². The second-order valence-electron chi connectivity index (χ2n) is 4.65. The Morgan fingerprint density at radius 3 is 2.89 bits per heavy atom. The summed E-state index contributed by atoms with van der Waals surface area (Å²) in [5.74, 6) is 0.484. The first kappa shape index (κ1) is 14.1. The van der Waals surface area contributed by atoms with Gasteiger partial charge in [0.05, 0.1) is 22.7 Å². The van der Waals surface area contributed by atoms with Crippen LogP contribution in [0.4, 0.5) is 5.82 Å². The monoisotopic (exact) mass is 283 g/mol. The normalized spacial score (nSPS) is 22.3. The molecule has 6 heteroatoms. The van der Waals surface area contributed by atoms with Crippen molar-refractivity contribution in [3.63, 3.8) is 0 Å². The first-order valence-electron chi connectivity index (χ1n) is 6.26. The average Bonchev–Trinajstić information content (AvgIpc) is 2.83. The molecule has 0 saturated carbocycles. The maximum absolute atomic E-state index is 12.4. The van der Waals surface area contributed by atoms with Crippen molar-refractivity contribution in [3.8, 4) is 0 Å².